The monoisotopic (exact) mass is 527 g/mol. The van der Waals surface area contributed by atoms with Gasteiger partial charge in [0.05, 0.1) is 17.0 Å². The molecule has 10 heteroatoms. The van der Waals surface area contributed by atoms with Crippen molar-refractivity contribution in [1.82, 2.24) is 29.6 Å². The number of carbonyl (C=O) groups excluding carboxylic acids is 1. The molecule has 2 aliphatic rings. The molecule has 2 N–H and O–H groups in total. The van der Waals surface area contributed by atoms with Crippen LogP contribution in [0.15, 0.2) is 61.1 Å². The highest BCUT2D eigenvalue weighted by molar-refractivity contribution is 5.95. The average molecular weight is 528 g/mol. The summed E-state index contributed by atoms with van der Waals surface area (Å²) in [5.41, 5.74) is 9.10. The Hall–Kier alpha value is -4.18. The number of likely N-dealkylation sites (tertiary alicyclic amines) is 1. The third kappa shape index (κ3) is 4.54. The number of pyridine rings is 1. The summed E-state index contributed by atoms with van der Waals surface area (Å²) in [6.07, 6.45) is 4.89. The van der Waals surface area contributed by atoms with Crippen LogP contribution >= 0.6 is 0 Å². The number of hydrogen-bond acceptors (Lipinski definition) is 7. The van der Waals surface area contributed by atoms with Gasteiger partial charge < -0.3 is 15.4 Å². The number of benzene rings is 1. The van der Waals surface area contributed by atoms with Crippen LogP contribution in [-0.2, 0) is 5.54 Å². The van der Waals surface area contributed by atoms with E-state index in [0.29, 0.717) is 41.9 Å². The number of nitrogens with two attached hydrogens (primary N) is 1. The van der Waals surface area contributed by atoms with Crippen LogP contribution in [0.1, 0.15) is 42.4 Å². The maximum Gasteiger partial charge on any atom is 0.257 e. The number of carbonyl (C=O) groups is 1. The van der Waals surface area contributed by atoms with E-state index in [-0.39, 0.29) is 29.2 Å². The van der Waals surface area contributed by atoms with Crippen LogP contribution in [0.2, 0.25) is 0 Å². The van der Waals surface area contributed by atoms with Gasteiger partial charge >= 0.3 is 0 Å². The highest BCUT2D eigenvalue weighted by Gasteiger charge is 2.69. The fraction of sp³-hybridized carbons (Fsp3) is 0.345. The molecule has 1 aliphatic heterocycles. The van der Waals surface area contributed by atoms with Crippen molar-refractivity contribution in [2.24, 2.45) is 17.1 Å². The van der Waals surface area contributed by atoms with Crippen molar-refractivity contribution >= 4 is 5.91 Å². The molecule has 2 fully saturated rings. The van der Waals surface area contributed by atoms with E-state index in [2.05, 4.69) is 22.0 Å². The lowest BCUT2D eigenvalue weighted by atomic mass is 9.95. The standard InChI is InChI=1S/C29H30FN7O2/c1-17-21(14-37(35-17)27-32-10-5-11-33-27)26(38)36-15-22-25(29(22,4)16-36)39-24-13-19(28(2,3)31)12-23(34-24)18-6-8-20(30)9-7-18/h5-14,22,25H,15-16,31H2,1-4H3/t22-,25-,29-/m0/s1. The normalized spacial score (nSPS) is 22.1. The lowest BCUT2D eigenvalue weighted by molar-refractivity contribution is 0.0731. The number of rotatable bonds is 6. The van der Waals surface area contributed by atoms with E-state index < -0.39 is 5.54 Å². The van der Waals surface area contributed by atoms with Crippen molar-refractivity contribution < 1.29 is 13.9 Å². The van der Waals surface area contributed by atoms with Gasteiger partial charge in [0.15, 0.2) is 0 Å². The Kier molecular flexibility index (Phi) is 5.76. The Balaban J connectivity index is 1.19. The van der Waals surface area contributed by atoms with E-state index in [1.165, 1.54) is 16.8 Å². The smallest absolute Gasteiger partial charge is 0.257 e. The Morgan fingerprint density at radius 2 is 1.90 bits per heavy atom. The highest BCUT2D eigenvalue weighted by atomic mass is 19.1. The Labute approximate surface area is 225 Å². The number of ether oxygens (including phenoxy) is 1. The maximum absolute atomic E-state index is 13.5. The van der Waals surface area contributed by atoms with Crippen LogP contribution in [0.25, 0.3) is 17.2 Å². The van der Waals surface area contributed by atoms with Gasteiger partial charge in [0.1, 0.15) is 11.9 Å². The number of piperidine rings is 1. The molecule has 200 valence electrons. The molecule has 1 aliphatic carbocycles. The maximum atomic E-state index is 13.5. The molecule has 0 spiro atoms. The van der Waals surface area contributed by atoms with Crippen molar-refractivity contribution in [3.8, 4) is 23.1 Å². The fourth-order valence-electron chi connectivity index (χ4n) is 5.40. The van der Waals surface area contributed by atoms with Crippen molar-refractivity contribution in [1.29, 1.82) is 0 Å². The van der Waals surface area contributed by atoms with Crippen molar-refractivity contribution in [2.45, 2.75) is 39.3 Å². The summed E-state index contributed by atoms with van der Waals surface area (Å²) >= 11 is 0. The zero-order valence-electron chi connectivity index (χ0n) is 22.3. The number of aromatic nitrogens is 5. The van der Waals surface area contributed by atoms with Gasteiger partial charge in [-0.05, 0) is 62.7 Å². The second kappa shape index (κ2) is 8.94. The zero-order chi connectivity index (χ0) is 27.5. The SMILES string of the molecule is Cc1nn(-c2ncccn2)cc1C(=O)N1C[C@H]2[C@H](Oc3cc(C(C)(C)N)cc(-c4ccc(F)cc4)n3)[C@@]2(C)C1. The number of amides is 1. The molecule has 9 nitrogen and oxygen atoms in total. The molecule has 3 atom stereocenters. The predicted molar refractivity (Wildman–Crippen MR) is 143 cm³/mol. The van der Waals surface area contributed by atoms with Gasteiger partial charge in [-0.2, -0.15) is 5.10 Å². The van der Waals surface area contributed by atoms with Crippen molar-refractivity contribution in [2.75, 3.05) is 13.1 Å². The summed E-state index contributed by atoms with van der Waals surface area (Å²) in [7, 11) is 0. The number of hydrogen-bond donors (Lipinski definition) is 1. The Morgan fingerprint density at radius 1 is 1.18 bits per heavy atom. The van der Waals surface area contributed by atoms with Gasteiger partial charge in [-0.3, -0.25) is 4.79 Å². The van der Waals surface area contributed by atoms with Crippen LogP contribution < -0.4 is 10.5 Å². The number of halogens is 1. The number of fused-ring (bicyclic) bond motifs is 1. The Bertz CT molecular complexity index is 1550. The summed E-state index contributed by atoms with van der Waals surface area (Å²) in [5, 5.41) is 4.44. The van der Waals surface area contributed by atoms with Crippen LogP contribution in [0.4, 0.5) is 4.39 Å². The third-order valence-electron chi connectivity index (χ3n) is 7.81. The highest BCUT2D eigenvalue weighted by Crippen LogP contribution is 2.59. The van der Waals surface area contributed by atoms with Crippen LogP contribution in [0, 0.1) is 24.1 Å². The van der Waals surface area contributed by atoms with E-state index in [1.807, 2.05) is 37.8 Å². The lowest BCUT2D eigenvalue weighted by Gasteiger charge is -2.24. The first kappa shape index (κ1) is 25.1. The second-order valence-electron chi connectivity index (χ2n) is 11.3. The molecule has 1 saturated heterocycles. The molecule has 39 heavy (non-hydrogen) atoms. The first-order chi connectivity index (χ1) is 18.5. The van der Waals surface area contributed by atoms with Gasteiger partial charge in [-0.1, -0.05) is 6.92 Å². The molecule has 1 saturated carbocycles. The molecular formula is C29H30FN7O2. The summed E-state index contributed by atoms with van der Waals surface area (Å²) in [5.74, 6) is 0.702. The van der Waals surface area contributed by atoms with Gasteiger partial charge in [-0.15, -0.1) is 0 Å². The van der Waals surface area contributed by atoms with Gasteiger partial charge in [0.25, 0.3) is 5.91 Å². The first-order valence-electron chi connectivity index (χ1n) is 12.9. The summed E-state index contributed by atoms with van der Waals surface area (Å²) in [4.78, 5) is 28.4. The zero-order valence-corrected chi connectivity index (χ0v) is 22.3. The summed E-state index contributed by atoms with van der Waals surface area (Å²) < 4.78 is 21.5. The van der Waals surface area contributed by atoms with Crippen LogP contribution in [0.5, 0.6) is 5.88 Å². The molecule has 1 amide bonds. The lowest BCUT2D eigenvalue weighted by Crippen LogP contribution is -2.35. The minimum absolute atomic E-state index is 0.0644. The van der Waals surface area contributed by atoms with Crippen LogP contribution in [-0.4, -0.2) is 54.7 Å². The topological polar surface area (TPSA) is 112 Å². The van der Waals surface area contributed by atoms with E-state index in [0.717, 1.165) is 11.1 Å². The molecule has 3 aromatic heterocycles. The van der Waals surface area contributed by atoms with E-state index in [1.54, 1.807) is 36.8 Å². The first-order valence-corrected chi connectivity index (χ1v) is 12.9. The largest absolute Gasteiger partial charge is 0.473 e. The molecule has 0 bridgehead atoms. The molecule has 4 heterocycles. The van der Waals surface area contributed by atoms with E-state index >= 15 is 0 Å². The van der Waals surface area contributed by atoms with Crippen molar-refractivity contribution in [3.05, 3.63) is 83.7 Å². The Morgan fingerprint density at radius 3 is 2.54 bits per heavy atom. The molecule has 6 rings (SSSR count). The molecular weight excluding hydrogens is 497 g/mol. The summed E-state index contributed by atoms with van der Waals surface area (Å²) in [6, 6.07) is 11.7. The number of aryl methyl sites for hydroxylation is 1. The van der Waals surface area contributed by atoms with Gasteiger partial charge in [0, 0.05) is 60.2 Å². The number of nitrogens with zero attached hydrogens (tertiary/aromatic N) is 6. The second-order valence-corrected chi connectivity index (χ2v) is 11.3. The van der Waals surface area contributed by atoms with E-state index in [4.69, 9.17) is 15.5 Å². The molecule has 1 aromatic carbocycles. The van der Waals surface area contributed by atoms with E-state index in [9.17, 15) is 9.18 Å². The predicted octanol–water partition coefficient (Wildman–Crippen LogP) is 3.91. The summed E-state index contributed by atoms with van der Waals surface area (Å²) in [6.45, 7) is 8.95. The van der Waals surface area contributed by atoms with Gasteiger partial charge in [-0.25, -0.2) is 24.0 Å². The fourth-order valence-corrected chi connectivity index (χ4v) is 5.40. The third-order valence-corrected chi connectivity index (χ3v) is 7.81. The molecule has 0 unspecified atom stereocenters. The molecule has 4 aromatic rings. The molecule has 0 radical (unpaired) electrons. The van der Waals surface area contributed by atoms with Gasteiger partial charge in [0.2, 0.25) is 11.8 Å². The average Bonchev–Trinajstić information content (AvgIpc) is 3.19. The van der Waals surface area contributed by atoms with Crippen molar-refractivity contribution in [3.63, 3.8) is 0 Å². The quantitative estimate of drug-likeness (QED) is 0.405. The minimum Gasteiger partial charge on any atom is -0.473 e. The van der Waals surface area contributed by atoms with Crippen LogP contribution in [0.3, 0.4) is 0 Å². The minimum atomic E-state index is -0.616.